The molecular weight excluding hydrogens is 198 g/mol. The van der Waals surface area contributed by atoms with Gasteiger partial charge in [0, 0.05) is 17.2 Å². The fourth-order valence-electron chi connectivity index (χ4n) is 1.14. The number of nitrogens with zero attached hydrogens (tertiary/aromatic N) is 1. The molecule has 74 valence electrons. The summed E-state index contributed by atoms with van der Waals surface area (Å²) in [6.07, 6.45) is 0.405. The standard InChI is InChI=1S/C11H12ClNO/c1-8(7-9(2)14)13-11-5-3-10(12)4-6-11/h3-6H,7H2,1-2H3/b13-8+. The summed E-state index contributed by atoms with van der Waals surface area (Å²) >= 11 is 5.73. The van der Waals surface area contributed by atoms with Gasteiger partial charge in [0.25, 0.3) is 0 Å². The molecule has 0 amide bonds. The van der Waals surface area contributed by atoms with E-state index in [1.54, 1.807) is 19.1 Å². The van der Waals surface area contributed by atoms with Gasteiger partial charge in [0.05, 0.1) is 5.69 Å². The zero-order valence-electron chi connectivity index (χ0n) is 8.25. The molecule has 0 bridgehead atoms. The largest absolute Gasteiger partial charge is 0.300 e. The van der Waals surface area contributed by atoms with Crippen LogP contribution in [0, 0.1) is 0 Å². The fraction of sp³-hybridized carbons (Fsp3) is 0.273. The van der Waals surface area contributed by atoms with Gasteiger partial charge in [-0.3, -0.25) is 9.79 Å². The maximum Gasteiger partial charge on any atom is 0.135 e. The summed E-state index contributed by atoms with van der Waals surface area (Å²) in [6, 6.07) is 7.21. The van der Waals surface area contributed by atoms with Gasteiger partial charge < -0.3 is 0 Å². The Hall–Kier alpha value is -1.15. The summed E-state index contributed by atoms with van der Waals surface area (Å²) in [7, 11) is 0. The number of aliphatic imine (C=N–C) groups is 1. The maximum atomic E-state index is 10.8. The molecule has 3 heteroatoms. The molecule has 1 rings (SSSR count). The lowest BCUT2D eigenvalue weighted by Gasteiger charge is -1.97. The summed E-state index contributed by atoms with van der Waals surface area (Å²) in [4.78, 5) is 15.1. The number of hydrogen-bond donors (Lipinski definition) is 0. The first kappa shape index (κ1) is 10.9. The first-order chi connectivity index (χ1) is 6.58. The number of hydrogen-bond acceptors (Lipinski definition) is 2. The normalized spacial score (nSPS) is 11.5. The highest BCUT2D eigenvalue weighted by molar-refractivity contribution is 6.30. The van der Waals surface area contributed by atoms with Gasteiger partial charge in [0.2, 0.25) is 0 Å². The van der Waals surface area contributed by atoms with Gasteiger partial charge in [-0.15, -0.1) is 0 Å². The molecule has 0 N–H and O–H groups in total. The van der Waals surface area contributed by atoms with E-state index in [1.807, 2.05) is 19.1 Å². The van der Waals surface area contributed by atoms with E-state index >= 15 is 0 Å². The lowest BCUT2D eigenvalue weighted by atomic mass is 10.2. The van der Waals surface area contributed by atoms with Crippen LogP contribution in [-0.4, -0.2) is 11.5 Å². The Kier molecular flexibility index (Phi) is 3.84. The molecule has 0 saturated heterocycles. The quantitative estimate of drug-likeness (QED) is 0.702. The molecule has 0 aromatic heterocycles. The van der Waals surface area contributed by atoms with Gasteiger partial charge in [0.15, 0.2) is 0 Å². The van der Waals surface area contributed by atoms with Crippen molar-refractivity contribution in [2.24, 2.45) is 4.99 Å². The van der Waals surface area contributed by atoms with Crippen LogP contribution in [0.5, 0.6) is 0 Å². The topological polar surface area (TPSA) is 29.4 Å². The van der Waals surface area contributed by atoms with Gasteiger partial charge in [-0.25, -0.2) is 0 Å². The first-order valence-corrected chi connectivity index (χ1v) is 4.75. The van der Waals surface area contributed by atoms with E-state index in [2.05, 4.69) is 4.99 Å². The molecule has 1 aromatic rings. The molecule has 0 fully saturated rings. The number of ketones is 1. The predicted molar refractivity (Wildman–Crippen MR) is 59.5 cm³/mol. The average molecular weight is 210 g/mol. The van der Waals surface area contributed by atoms with Gasteiger partial charge in [-0.2, -0.15) is 0 Å². The van der Waals surface area contributed by atoms with Crippen LogP contribution >= 0.6 is 11.6 Å². The molecule has 0 heterocycles. The molecule has 0 atom stereocenters. The lowest BCUT2D eigenvalue weighted by molar-refractivity contribution is -0.115. The highest BCUT2D eigenvalue weighted by Crippen LogP contribution is 2.16. The average Bonchev–Trinajstić information content (AvgIpc) is 2.07. The summed E-state index contributed by atoms with van der Waals surface area (Å²) in [5.41, 5.74) is 1.65. The minimum absolute atomic E-state index is 0.125. The third kappa shape index (κ3) is 3.71. The highest BCUT2D eigenvalue weighted by Gasteiger charge is 1.97. The van der Waals surface area contributed by atoms with Crippen molar-refractivity contribution in [3.8, 4) is 0 Å². The first-order valence-electron chi connectivity index (χ1n) is 4.37. The SMILES string of the molecule is CC(=O)C/C(C)=N/c1ccc(Cl)cc1. The van der Waals surface area contributed by atoms with Crippen molar-refractivity contribution in [1.82, 2.24) is 0 Å². The molecule has 0 aliphatic heterocycles. The Bertz CT molecular complexity index is 354. The Morgan fingerprint density at radius 3 is 2.36 bits per heavy atom. The zero-order valence-corrected chi connectivity index (χ0v) is 9.01. The number of carbonyl (C=O) groups is 1. The smallest absolute Gasteiger partial charge is 0.135 e. The number of carbonyl (C=O) groups excluding carboxylic acids is 1. The monoisotopic (exact) mass is 209 g/mol. The molecule has 0 unspecified atom stereocenters. The van der Waals surface area contributed by atoms with Crippen molar-refractivity contribution in [2.75, 3.05) is 0 Å². The number of benzene rings is 1. The van der Waals surface area contributed by atoms with Crippen LogP contribution in [-0.2, 0) is 4.79 Å². The molecule has 2 nitrogen and oxygen atoms in total. The Balaban J connectivity index is 2.76. The van der Waals surface area contributed by atoms with Crippen molar-refractivity contribution in [2.45, 2.75) is 20.3 Å². The number of rotatable bonds is 3. The van der Waals surface area contributed by atoms with E-state index in [1.165, 1.54) is 0 Å². The van der Waals surface area contributed by atoms with Gasteiger partial charge in [0.1, 0.15) is 5.78 Å². The fourth-order valence-corrected chi connectivity index (χ4v) is 1.26. The molecule has 0 radical (unpaired) electrons. The molecule has 0 spiro atoms. The molecule has 0 aliphatic carbocycles. The van der Waals surface area contributed by atoms with E-state index in [0.29, 0.717) is 11.4 Å². The van der Waals surface area contributed by atoms with Crippen LogP contribution in [0.2, 0.25) is 5.02 Å². The van der Waals surface area contributed by atoms with Gasteiger partial charge in [-0.05, 0) is 38.1 Å². The van der Waals surface area contributed by atoms with Crippen molar-refractivity contribution in [1.29, 1.82) is 0 Å². The Morgan fingerprint density at radius 1 is 1.29 bits per heavy atom. The molecule has 0 aliphatic rings. The third-order valence-electron chi connectivity index (χ3n) is 1.65. The van der Waals surface area contributed by atoms with Crippen molar-refractivity contribution in [3.63, 3.8) is 0 Å². The Labute approximate surface area is 88.6 Å². The second-order valence-electron chi connectivity index (χ2n) is 3.20. The van der Waals surface area contributed by atoms with E-state index in [-0.39, 0.29) is 5.78 Å². The second-order valence-corrected chi connectivity index (χ2v) is 3.64. The molecule has 0 saturated carbocycles. The van der Waals surface area contributed by atoms with Crippen LogP contribution in [0.3, 0.4) is 0 Å². The van der Waals surface area contributed by atoms with E-state index in [4.69, 9.17) is 11.6 Å². The van der Waals surface area contributed by atoms with Crippen LogP contribution in [0.25, 0.3) is 0 Å². The van der Waals surface area contributed by atoms with Gasteiger partial charge in [-0.1, -0.05) is 11.6 Å². The second kappa shape index (κ2) is 4.91. The van der Waals surface area contributed by atoms with Crippen molar-refractivity contribution < 1.29 is 4.79 Å². The van der Waals surface area contributed by atoms with Crippen LogP contribution in [0.15, 0.2) is 29.3 Å². The summed E-state index contributed by atoms with van der Waals surface area (Å²) in [6.45, 7) is 3.40. The molecular formula is C11H12ClNO. The molecule has 1 aromatic carbocycles. The van der Waals surface area contributed by atoms with Crippen LogP contribution < -0.4 is 0 Å². The van der Waals surface area contributed by atoms with E-state index in [9.17, 15) is 4.79 Å². The molecule has 14 heavy (non-hydrogen) atoms. The lowest BCUT2D eigenvalue weighted by Crippen LogP contribution is -1.98. The maximum absolute atomic E-state index is 10.8. The Morgan fingerprint density at radius 2 is 1.86 bits per heavy atom. The summed E-state index contributed by atoms with van der Waals surface area (Å²) in [5, 5.41) is 0.688. The van der Waals surface area contributed by atoms with Crippen LogP contribution in [0.1, 0.15) is 20.3 Å². The predicted octanol–water partition coefficient (Wildman–Crippen LogP) is 3.41. The van der Waals surface area contributed by atoms with Crippen molar-refractivity contribution >= 4 is 28.8 Å². The number of halogens is 1. The van der Waals surface area contributed by atoms with Gasteiger partial charge >= 0.3 is 0 Å². The zero-order chi connectivity index (χ0) is 10.6. The van der Waals surface area contributed by atoms with E-state index < -0.39 is 0 Å². The van der Waals surface area contributed by atoms with E-state index in [0.717, 1.165) is 11.4 Å². The number of Topliss-reactive ketones (excluding diaryl/α,β-unsaturated/α-hetero) is 1. The summed E-state index contributed by atoms with van der Waals surface area (Å²) in [5.74, 6) is 0.125. The minimum atomic E-state index is 0.125. The third-order valence-corrected chi connectivity index (χ3v) is 1.90. The minimum Gasteiger partial charge on any atom is -0.300 e. The highest BCUT2D eigenvalue weighted by atomic mass is 35.5. The van der Waals surface area contributed by atoms with Crippen LogP contribution in [0.4, 0.5) is 5.69 Å². The van der Waals surface area contributed by atoms with Crippen molar-refractivity contribution in [3.05, 3.63) is 29.3 Å². The summed E-state index contributed by atoms with van der Waals surface area (Å²) < 4.78 is 0.